The number of benzene rings is 2. The van der Waals surface area contributed by atoms with Crippen LogP contribution in [0.25, 0.3) is 6.08 Å². The molecule has 0 bridgehead atoms. The smallest absolute Gasteiger partial charge is 0.352 e. The maximum Gasteiger partial charge on any atom is 0.352 e. The third kappa shape index (κ3) is 6.66. The first-order valence-electron chi connectivity index (χ1n) is 8.36. The van der Waals surface area contributed by atoms with Gasteiger partial charge < -0.3 is 19.9 Å². The minimum atomic E-state index is -1.22. The zero-order valence-electron chi connectivity index (χ0n) is 15.3. The Kier molecular flexibility index (Phi) is 8.55. The van der Waals surface area contributed by atoms with Crippen molar-refractivity contribution in [3.05, 3.63) is 60.4 Å². The van der Waals surface area contributed by atoms with Crippen molar-refractivity contribution in [3.63, 3.8) is 0 Å². The van der Waals surface area contributed by atoms with E-state index in [1.54, 1.807) is 12.1 Å². The highest BCUT2D eigenvalue weighted by atomic mass is 127. The fraction of sp³-hybridized carbons (Fsp3) is 0.200. The van der Waals surface area contributed by atoms with Crippen LogP contribution in [0.5, 0.6) is 11.5 Å². The van der Waals surface area contributed by atoms with E-state index < -0.39 is 11.9 Å². The monoisotopic (exact) mass is 607 g/mol. The second-order valence-corrected chi connectivity index (χ2v) is 8.13. The van der Waals surface area contributed by atoms with E-state index in [2.05, 4.69) is 50.5 Å². The summed E-state index contributed by atoms with van der Waals surface area (Å²) in [5, 5.41) is 11.6. The standard InChI is InChI=1S/C20H19I2NO5/c1-3-27-18-10-14(9-17(20(25)26)23-12(2)24)8-16(22)19(18)28-11-13-4-6-15(21)7-5-13/h4-10H,3,11H2,1-2H3,(H,23,24)(H,25,26)/b17-9+. The minimum absolute atomic E-state index is 0.210. The number of nitrogens with one attached hydrogen (secondary N) is 1. The van der Waals surface area contributed by atoms with Crippen LogP contribution < -0.4 is 14.8 Å². The largest absolute Gasteiger partial charge is 0.490 e. The summed E-state index contributed by atoms with van der Waals surface area (Å²) in [6, 6.07) is 11.5. The van der Waals surface area contributed by atoms with E-state index in [9.17, 15) is 14.7 Å². The van der Waals surface area contributed by atoms with Gasteiger partial charge in [0.05, 0.1) is 10.2 Å². The molecule has 148 valence electrons. The summed E-state index contributed by atoms with van der Waals surface area (Å²) >= 11 is 4.37. The lowest BCUT2D eigenvalue weighted by molar-refractivity contribution is -0.134. The topological polar surface area (TPSA) is 84.9 Å². The fourth-order valence-electron chi connectivity index (χ4n) is 2.32. The van der Waals surface area contributed by atoms with Gasteiger partial charge in [0, 0.05) is 10.5 Å². The number of aliphatic carboxylic acids is 1. The molecular weight excluding hydrogens is 588 g/mol. The normalized spacial score (nSPS) is 11.1. The summed E-state index contributed by atoms with van der Waals surface area (Å²) in [6.45, 7) is 3.93. The van der Waals surface area contributed by atoms with E-state index in [-0.39, 0.29) is 5.70 Å². The second-order valence-electron chi connectivity index (χ2n) is 5.72. The van der Waals surface area contributed by atoms with Crippen LogP contribution >= 0.6 is 45.2 Å². The number of carbonyl (C=O) groups is 2. The van der Waals surface area contributed by atoms with E-state index >= 15 is 0 Å². The molecule has 0 spiro atoms. The summed E-state index contributed by atoms with van der Waals surface area (Å²) in [7, 11) is 0. The molecule has 2 aromatic rings. The average molecular weight is 607 g/mol. The highest BCUT2D eigenvalue weighted by Gasteiger charge is 2.14. The quantitative estimate of drug-likeness (QED) is 0.343. The molecule has 0 unspecified atom stereocenters. The van der Waals surface area contributed by atoms with Gasteiger partial charge >= 0.3 is 5.97 Å². The van der Waals surface area contributed by atoms with Gasteiger partial charge in [-0.25, -0.2) is 4.79 Å². The Bertz CT molecular complexity index is 894. The van der Waals surface area contributed by atoms with Crippen molar-refractivity contribution in [2.24, 2.45) is 0 Å². The van der Waals surface area contributed by atoms with Crippen LogP contribution in [0, 0.1) is 7.14 Å². The van der Waals surface area contributed by atoms with Crippen molar-refractivity contribution in [3.8, 4) is 11.5 Å². The summed E-state index contributed by atoms with van der Waals surface area (Å²) in [5.41, 5.74) is 1.40. The Morgan fingerprint density at radius 3 is 2.39 bits per heavy atom. The van der Waals surface area contributed by atoms with Crippen LogP contribution in [-0.2, 0) is 16.2 Å². The van der Waals surface area contributed by atoms with Gasteiger partial charge in [-0.3, -0.25) is 4.79 Å². The molecule has 0 atom stereocenters. The van der Waals surface area contributed by atoms with Gasteiger partial charge in [0.1, 0.15) is 12.3 Å². The van der Waals surface area contributed by atoms with Gasteiger partial charge in [-0.1, -0.05) is 12.1 Å². The molecule has 0 aliphatic carbocycles. The maximum atomic E-state index is 11.3. The molecule has 2 rings (SSSR count). The summed E-state index contributed by atoms with van der Waals surface area (Å²) < 4.78 is 13.6. The van der Waals surface area contributed by atoms with Gasteiger partial charge in [-0.2, -0.15) is 0 Å². The average Bonchev–Trinajstić information content (AvgIpc) is 2.62. The molecule has 0 heterocycles. The lowest BCUT2D eigenvalue weighted by Gasteiger charge is -2.15. The third-order valence-electron chi connectivity index (χ3n) is 3.48. The molecule has 0 fully saturated rings. The number of amides is 1. The first-order valence-corrected chi connectivity index (χ1v) is 10.5. The van der Waals surface area contributed by atoms with Crippen LogP contribution in [0.3, 0.4) is 0 Å². The molecule has 2 N–H and O–H groups in total. The lowest BCUT2D eigenvalue weighted by Crippen LogP contribution is -2.24. The fourth-order valence-corrected chi connectivity index (χ4v) is 3.46. The Labute approximate surface area is 190 Å². The zero-order valence-corrected chi connectivity index (χ0v) is 19.6. The van der Waals surface area contributed by atoms with Crippen molar-refractivity contribution < 1.29 is 24.2 Å². The molecule has 0 saturated heterocycles. The Morgan fingerprint density at radius 1 is 1.14 bits per heavy atom. The molecule has 28 heavy (non-hydrogen) atoms. The molecule has 0 saturated carbocycles. The van der Waals surface area contributed by atoms with Crippen molar-refractivity contribution >= 4 is 63.1 Å². The van der Waals surface area contributed by atoms with Crippen molar-refractivity contribution in [1.82, 2.24) is 5.32 Å². The first-order chi connectivity index (χ1) is 13.3. The van der Waals surface area contributed by atoms with Crippen molar-refractivity contribution in [1.29, 1.82) is 0 Å². The van der Waals surface area contributed by atoms with Crippen LogP contribution in [0.15, 0.2) is 42.1 Å². The number of ether oxygens (including phenoxy) is 2. The number of halogens is 2. The van der Waals surface area contributed by atoms with Crippen molar-refractivity contribution in [2.45, 2.75) is 20.5 Å². The first kappa shape index (κ1) is 22.5. The molecule has 8 heteroatoms. The molecule has 6 nitrogen and oxygen atoms in total. The van der Waals surface area contributed by atoms with Gasteiger partial charge in [-0.05, 0) is 93.6 Å². The number of carboxylic acid groups (broad SMARTS) is 1. The van der Waals surface area contributed by atoms with Gasteiger partial charge in [0.15, 0.2) is 11.5 Å². The molecule has 0 aliphatic heterocycles. The Hall–Kier alpha value is -1.82. The minimum Gasteiger partial charge on any atom is -0.490 e. The third-order valence-corrected chi connectivity index (χ3v) is 5.00. The number of hydrogen-bond acceptors (Lipinski definition) is 4. The number of carbonyl (C=O) groups excluding carboxylic acids is 1. The highest BCUT2D eigenvalue weighted by molar-refractivity contribution is 14.1. The van der Waals surface area contributed by atoms with E-state index in [1.165, 1.54) is 13.0 Å². The van der Waals surface area contributed by atoms with Crippen LogP contribution in [0.4, 0.5) is 0 Å². The van der Waals surface area contributed by atoms with Gasteiger partial charge in [0.25, 0.3) is 0 Å². The van der Waals surface area contributed by atoms with Gasteiger partial charge in [0.2, 0.25) is 5.91 Å². The molecule has 2 aromatic carbocycles. The lowest BCUT2D eigenvalue weighted by atomic mass is 10.1. The number of rotatable bonds is 8. The van der Waals surface area contributed by atoms with E-state index in [0.717, 1.165) is 12.7 Å². The van der Waals surface area contributed by atoms with Crippen LogP contribution in [0.1, 0.15) is 25.0 Å². The molecule has 0 aromatic heterocycles. The Balaban J connectivity index is 2.33. The van der Waals surface area contributed by atoms with Crippen LogP contribution in [-0.4, -0.2) is 23.6 Å². The summed E-state index contributed by atoms with van der Waals surface area (Å²) in [5.74, 6) is -0.568. The number of hydrogen-bond donors (Lipinski definition) is 2. The molecular formula is C20H19I2NO5. The molecule has 1 amide bonds. The SMILES string of the molecule is CCOc1cc(/C=C(/NC(C)=O)C(=O)O)cc(I)c1OCc1ccc(I)cc1. The predicted octanol–water partition coefficient (Wildman–Crippen LogP) is 4.44. The summed E-state index contributed by atoms with van der Waals surface area (Å²) in [6.07, 6.45) is 1.39. The predicted molar refractivity (Wildman–Crippen MR) is 123 cm³/mol. The molecule has 0 aliphatic rings. The van der Waals surface area contributed by atoms with E-state index in [4.69, 9.17) is 9.47 Å². The maximum absolute atomic E-state index is 11.3. The van der Waals surface area contributed by atoms with Crippen LogP contribution in [0.2, 0.25) is 0 Å². The highest BCUT2D eigenvalue weighted by Crippen LogP contribution is 2.35. The van der Waals surface area contributed by atoms with E-state index in [0.29, 0.717) is 30.3 Å². The Morgan fingerprint density at radius 2 is 1.82 bits per heavy atom. The van der Waals surface area contributed by atoms with Crippen molar-refractivity contribution in [2.75, 3.05) is 6.61 Å². The van der Waals surface area contributed by atoms with Gasteiger partial charge in [-0.15, -0.1) is 0 Å². The second kappa shape index (κ2) is 10.6. The summed E-state index contributed by atoms with van der Waals surface area (Å²) in [4.78, 5) is 22.6. The molecule has 0 radical (unpaired) electrons. The van der Waals surface area contributed by atoms with E-state index in [1.807, 2.05) is 31.2 Å². The zero-order chi connectivity index (χ0) is 20.7. The number of carboxylic acids is 1.